The molecule has 144 valence electrons. The molecule has 0 bridgehead atoms. The topological polar surface area (TPSA) is 130 Å². The van der Waals surface area contributed by atoms with Crippen LogP contribution in [0.5, 0.6) is 0 Å². The lowest BCUT2D eigenvalue weighted by Gasteiger charge is -2.36. The molecule has 0 saturated carbocycles. The number of piperidine rings is 1. The Hall–Kier alpha value is -2.81. The number of aliphatic hydroxyl groups is 1. The molecule has 4 N–H and O–H groups in total. The van der Waals surface area contributed by atoms with E-state index in [1.54, 1.807) is 24.7 Å². The van der Waals surface area contributed by atoms with Crippen molar-refractivity contribution < 1.29 is 9.90 Å². The molecule has 0 aliphatic carbocycles. The van der Waals surface area contributed by atoms with Crippen molar-refractivity contribution in [2.24, 2.45) is 5.92 Å². The lowest BCUT2D eigenvalue weighted by atomic mass is 10.0. The first-order chi connectivity index (χ1) is 12.9. The first-order valence-corrected chi connectivity index (χ1v) is 9.05. The Labute approximate surface area is 158 Å². The van der Waals surface area contributed by atoms with Gasteiger partial charge in [-0.05, 0) is 24.8 Å². The number of anilines is 2. The minimum atomic E-state index is -0.723. The van der Waals surface area contributed by atoms with Crippen LogP contribution >= 0.6 is 0 Å². The van der Waals surface area contributed by atoms with Gasteiger partial charge >= 0.3 is 0 Å². The highest BCUT2D eigenvalue weighted by Crippen LogP contribution is 2.18. The number of nitrogens with one attached hydrogen (secondary N) is 1. The van der Waals surface area contributed by atoms with E-state index in [-0.39, 0.29) is 23.6 Å². The Morgan fingerprint density at radius 3 is 2.89 bits per heavy atom. The molecule has 0 aromatic carbocycles. The molecule has 3 heterocycles. The SMILES string of the molecule is CC(C)Cc1cc(C(=O)N[C@@H]2CCN(c3cnccn3)C[C@H]2O)nc(N)n1. The molecule has 2 aromatic heterocycles. The monoisotopic (exact) mass is 371 g/mol. The largest absolute Gasteiger partial charge is 0.389 e. The van der Waals surface area contributed by atoms with E-state index in [4.69, 9.17) is 5.73 Å². The van der Waals surface area contributed by atoms with E-state index in [2.05, 4.69) is 39.1 Å². The Kier molecular flexibility index (Phi) is 5.80. The van der Waals surface area contributed by atoms with Crippen molar-refractivity contribution in [1.82, 2.24) is 25.3 Å². The summed E-state index contributed by atoms with van der Waals surface area (Å²) in [5.74, 6) is 0.827. The van der Waals surface area contributed by atoms with Crippen molar-refractivity contribution in [3.05, 3.63) is 36.0 Å². The van der Waals surface area contributed by atoms with Crippen molar-refractivity contribution in [3.8, 4) is 0 Å². The minimum Gasteiger partial charge on any atom is -0.389 e. The Morgan fingerprint density at radius 1 is 1.41 bits per heavy atom. The molecule has 9 heteroatoms. The summed E-state index contributed by atoms with van der Waals surface area (Å²) < 4.78 is 0. The quantitative estimate of drug-likeness (QED) is 0.689. The van der Waals surface area contributed by atoms with Crippen LogP contribution in [0.1, 0.15) is 36.5 Å². The van der Waals surface area contributed by atoms with E-state index in [0.29, 0.717) is 37.7 Å². The van der Waals surface area contributed by atoms with Crippen molar-refractivity contribution in [2.45, 2.75) is 38.8 Å². The number of rotatable bonds is 5. The smallest absolute Gasteiger partial charge is 0.270 e. The molecule has 1 aliphatic rings. The molecule has 1 fully saturated rings. The highest BCUT2D eigenvalue weighted by atomic mass is 16.3. The molecule has 0 spiro atoms. The third kappa shape index (κ3) is 4.88. The van der Waals surface area contributed by atoms with Crippen LogP contribution in [0.2, 0.25) is 0 Å². The summed E-state index contributed by atoms with van der Waals surface area (Å²) in [7, 11) is 0. The number of carbonyl (C=O) groups excluding carboxylic acids is 1. The molecular weight excluding hydrogens is 346 g/mol. The molecular formula is C18H25N7O2. The molecule has 2 aromatic rings. The van der Waals surface area contributed by atoms with Gasteiger partial charge in [0.15, 0.2) is 0 Å². The lowest BCUT2D eigenvalue weighted by molar-refractivity contribution is 0.0793. The van der Waals surface area contributed by atoms with E-state index in [1.807, 2.05) is 4.90 Å². The fraction of sp³-hybridized carbons (Fsp3) is 0.500. The van der Waals surface area contributed by atoms with Gasteiger partial charge in [-0.15, -0.1) is 0 Å². The first kappa shape index (κ1) is 19.0. The van der Waals surface area contributed by atoms with Gasteiger partial charge < -0.3 is 21.1 Å². The summed E-state index contributed by atoms with van der Waals surface area (Å²) >= 11 is 0. The number of carbonyl (C=O) groups is 1. The summed E-state index contributed by atoms with van der Waals surface area (Å²) in [6.45, 7) is 5.16. The maximum absolute atomic E-state index is 12.6. The van der Waals surface area contributed by atoms with E-state index in [0.717, 1.165) is 5.69 Å². The highest BCUT2D eigenvalue weighted by Gasteiger charge is 2.30. The van der Waals surface area contributed by atoms with Crippen molar-refractivity contribution in [2.75, 3.05) is 23.7 Å². The normalized spacial score (nSPS) is 19.9. The molecule has 1 amide bonds. The number of nitrogens with zero attached hydrogens (tertiary/aromatic N) is 5. The van der Waals surface area contributed by atoms with Crippen LogP contribution in [0.4, 0.5) is 11.8 Å². The summed E-state index contributed by atoms with van der Waals surface area (Å²) in [6, 6.07) is 1.29. The molecule has 0 radical (unpaired) electrons. The summed E-state index contributed by atoms with van der Waals surface area (Å²) in [4.78, 5) is 31.1. The van der Waals surface area contributed by atoms with Crippen molar-refractivity contribution in [1.29, 1.82) is 0 Å². The molecule has 1 aliphatic heterocycles. The van der Waals surface area contributed by atoms with Gasteiger partial charge in [0, 0.05) is 31.2 Å². The van der Waals surface area contributed by atoms with Gasteiger partial charge in [-0.2, -0.15) is 0 Å². The van der Waals surface area contributed by atoms with Crippen LogP contribution in [0, 0.1) is 5.92 Å². The zero-order valence-corrected chi connectivity index (χ0v) is 15.5. The average Bonchev–Trinajstić information content (AvgIpc) is 2.63. The Morgan fingerprint density at radius 2 is 2.22 bits per heavy atom. The van der Waals surface area contributed by atoms with Crippen molar-refractivity contribution in [3.63, 3.8) is 0 Å². The fourth-order valence-corrected chi connectivity index (χ4v) is 3.16. The molecule has 0 unspecified atom stereocenters. The second-order valence-electron chi connectivity index (χ2n) is 7.15. The minimum absolute atomic E-state index is 0.0799. The number of aromatic nitrogens is 4. The van der Waals surface area contributed by atoms with E-state index in [1.165, 1.54) is 0 Å². The van der Waals surface area contributed by atoms with Crippen LogP contribution in [0.25, 0.3) is 0 Å². The van der Waals surface area contributed by atoms with Gasteiger partial charge in [0.1, 0.15) is 11.5 Å². The van der Waals surface area contributed by atoms with Gasteiger partial charge in [-0.25, -0.2) is 15.0 Å². The van der Waals surface area contributed by atoms with Gasteiger partial charge in [0.05, 0.1) is 18.3 Å². The van der Waals surface area contributed by atoms with Crippen molar-refractivity contribution >= 4 is 17.7 Å². The van der Waals surface area contributed by atoms with E-state index < -0.39 is 6.10 Å². The Bertz CT molecular complexity index is 785. The third-order valence-corrected chi connectivity index (χ3v) is 4.42. The van der Waals surface area contributed by atoms with Crippen LogP contribution < -0.4 is 16.0 Å². The number of amides is 1. The number of β-amino-alcohol motifs (C(OH)–C–C–N with tert-alkyl or cyclic N) is 1. The van der Waals surface area contributed by atoms with Gasteiger partial charge in [0.2, 0.25) is 5.95 Å². The highest BCUT2D eigenvalue weighted by molar-refractivity contribution is 5.92. The maximum Gasteiger partial charge on any atom is 0.270 e. The predicted octanol–water partition coefficient (Wildman–Crippen LogP) is 0.417. The van der Waals surface area contributed by atoms with Crippen LogP contribution in [-0.2, 0) is 6.42 Å². The average molecular weight is 371 g/mol. The molecule has 9 nitrogen and oxygen atoms in total. The maximum atomic E-state index is 12.6. The third-order valence-electron chi connectivity index (χ3n) is 4.42. The second-order valence-corrected chi connectivity index (χ2v) is 7.15. The van der Waals surface area contributed by atoms with E-state index >= 15 is 0 Å². The first-order valence-electron chi connectivity index (χ1n) is 9.05. The van der Waals surface area contributed by atoms with Crippen LogP contribution in [0.15, 0.2) is 24.7 Å². The zero-order chi connectivity index (χ0) is 19.4. The molecule has 27 heavy (non-hydrogen) atoms. The standard InChI is InChI=1S/C18H25N7O2/c1-11(2)7-12-8-14(24-18(19)22-12)17(27)23-13-3-6-25(10-15(13)26)16-9-20-4-5-21-16/h4-5,8-9,11,13,15,26H,3,6-7,10H2,1-2H3,(H,23,27)(H2,19,22,24)/t13-,15-/m1/s1. The molecule has 3 rings (SSSR count). The summed E-state index contributed by atoms with van der Waals surface area (Å²) in [5.41, 5.74) is 6.71. The number of aliphatic hydroxyl groups excluding tert-OH is 1. The fourth-order valence-electron chi connectivity index (χ4n) is 3.16. The van der Waals surface area contributed by atoms with Crippen LogP contribution in [0.3, 0.4) is 0 Å². The van der Waals surface area contributed by atoms with Crippen LogP contribution in [-0.4, -0.2) is 56.2 Å². The van der Waals surface area contributed by atoms with E-state index in [9.17, 15) is 9.90 Å². The number of hydrogen-bond donors (Lipinski definition) is 3. The van der Waals surface area contributed by atoms with Gasteiger partial charge in [-0.3, -0.25) is 9.78 Å². The number of nitrogens with two attached hydrogens (primary N) is 1. The zero-order valence-electron chi connectivity index (χ0n) is 15.5. The van der Waals surface area contributed by atoms with Gasteiger partial charge in [-0.1, -0.05) is 13.8 Å². The summed E-state index contributed by atoms with van der Waals surface area (Å²) in [5, 5.41) is 13.3. The number of hydrogen-bond acceptors (Lipinski definition) is 8. The van der Waals surface area contributed by atoms with Gasteiger partial charge in [0.25, 0.3) is 5.91 Å². The lowest BCUT2D eigenvalue weighted by Crippen LogP contribution is -2.54. The second kappa shape index (κ2) is 8.26. The molecule has 2 atom stereocenters. The summed E-state index contributed by atoms with van der Waals surface area (Å²) in [6.07, 6.45) is 5.46. The number of nitrogen functional groups attached to an aromatic ring is 1. The predicted molar refractivity (Wildman–Crippen MR) is 101 cm³/mol. The molecule has 1 saturated heterocycles. The Balaban J connectivity index is 1.64.